The SMILES string of the molecule is CCOc1c(I)cc(/C=C(/C#N)C(=O)Nc2cccc(C)c2)cc1I. The first-order valence-electron chi connectivity index (χ1n) is 7.56. The molecule has 0 aromatic heterocycles. The lowest BCUT2D eigenvalue weighted by Gasteiger charge is -2.10. The predicted molar refractivity (Wildman–Crippen MR) is 116 cm³/mol. The minimum absolute atomic E-state index is 0.0530. The van der Waals surface area contributed by atoms with Crippen LogP contribution in [-0.2, 0) is 4.79 Å². The van der Waals surface area contributed by atoms with Crippen molar-refractivity contribution in [2.24, 2.45) is 0 Å². The van der Waals surface area contributed by atoms with Crippen LogP contribution in [0, 0.1) is 25.4 Å². The Hall–Kier alpha value is -1.60. The smallest absolute Gasteiger partial charge is 0.266 e. The number of hydrogen-bond donors (Lipinski definition) is 1. The van der Waals surface area contributed by atoms with Crippen molar-refractivity contribution >= 4 is 62.9 Å². The Labute approximate surface area is 174 Å². The van der Waals surface area contributed by atoms with Gasteiger partial charge >= 0.3 is 0 Å². The van der Waals surface area contributed by atoms with E-state index in [1.165, 1.54) is 0 Å². The fourth-order valence-electron chi connectivity index (χ4n) is 2.18. The highest BCUT2D eigenvalue weighted by molar-refractivity contribution is 14.1. The van der Waals surface area contributed by atoms with Gasteiger partial charge < -0.3 is 10.1 Å². The average molecular weight is 558 g/mol. The lowest BCUT2D eigenvalue weighted by Crippen LogP contribution is -2.13. The van der Waals surface area contributed by atoms with E-state index in [2.05, 4.69) is 50.5 Å². The lowest BCUT2D eigenvalue weighted by atomic mass is 10.1. The minimum Gasteiger partial charge on any atom is -0.492 e. The molecule has 2 rings (SSSR count). The summed E-state index contributed by atoms with van der Waals surface area (Å²) in [5.41, 5.74) is 2.54. The topological polar surface area (TPSA) is 62.1 Å². The highest BCUT2D eigenvalue weighted by Crippen LogP contribution is 2.29. The molecule has 0 aliphatic heterocycles. The molecule has 0 atom stereocenters. The van der Waals surface area contributed by atoms with E-state index in [0.717, 1.165) is 24.0 Å². The first-order valence-corrected chi connectivity index (χ1v) is 9.72. The lowest BCUT2D eigenvalue weighted by molar-refractivity contribution is -0.112. The fourth-order valence-corrected chi connectivity index (χ4v) is 4.31. The van der Waals surface area contributed by atoms with Gasteiger partial charge in [0.2, 0.25) is 0 Å². The Morgan fingerprint density at radius 1 is 1.28 bits per heavy atom. The number of aryl methyl sites for hydroxylation is 1. The summed E-state index contributed by atoms with van der Waals surface area (Å²) in [6.07, 6.45) is 1.59. The monoisotopic (exact) mass is 558 g/mol. The second-order valence-corrected chi connectivity index (χ2v) is 7.56. The number of anilines is 1. The zero-order valence-electron chi connectivity index (χ0n) is 13.8. The van der Waals surface area contributed by atoms with Crippen molar-refractivity contribution in [3.8, 4) is 11.8 Å². The van der Waals surface area contributed by atoms with Gasteiger partial charge in [-0.1, -0.05) is 12.1 Å². The summed E-state index contributed by atoms with van der Waals surface area (Å²) in [4.78, 5) is 12.4. The molecular formula is C19H16I2N2O2. The molecule has 0 bridgehead atoms. The molecule has 0 saturated carbocycles. The zero-order chi connectivity index (χ0) is 18.4. The van der Waals surface area contributed by atoms with E-state index in [9.17, 15) is 10.1 Å². The van der Waals surface area contributed by atoms with Gasteiger partial charge in [-0.05, 0) is 100 Å². The summed E-state index contributed by atoms with van der Waals surface area (Å²) < 4.78 is 7.49. The summed E-state index contributed by atoms with van der Waals surface area (Å²) in [6.45, 7) is 4.47. The van der Waals surface area contributed by atoms with Gasteiger partial charge in [0.25, 0.3) is 5.91 Å². The van der Waals surface area contributed by atoms with Gasteiger partial charge in [0.15, 0.2) is 0 Å². The molecule has 0 radical (unpaired) electrons. The van der Waals surface area contributed by atoms with Crippen LogP contribution in [0.4, 0.5) is 5.69 Å². The van der Waals surface area contributed by atoms with Crippen LogP contribution in [-0.4, -0.2) is 12.5 Å². The van der Waals surface area contributed by atoms with Crippen molar-refractivity contribution in [2.45, 2.75) is 13.8 Å². The Bertz CT molecular complexity index is 847. The summed E-state index contributed by atoms with van der Waals surface area (Å²) >= 11 is 4.38. The third-order valence-electron chi connectivity index (χ3n) is 3.26. The number of carbonyl (C=O) groups excluding carboxylic acids is 1. The van der Waals surface area contributed by atoms with Crippen LogP contribution < -0.4 is 10.1 Å². The molecule has 25 heavy (non-hydrogen) atoms. The van der Waals surface area contributed by atoms with Gasteiger partial charge in [0.1, 0.15) is 17.4 Å². The van der Waals surface area contributed by atoms with E-state index in [1.807, 2.05) is 50.2 Å². The molecule has 0 spiro atoms. The Kier molecular flexibility index (Phi) is 7.25. The number of nitriles is 1. The second-order valence-electron chi connectivity index (χ2n) is 5.24. The number of benzene rings is 2. The molecule has 6 heteroatoms. The number of nitrogens with one attached hydrogen (secondary N) is 1. The van der Waals surface area contributed by atoms with Crippen molar-refractivity contribution in [1.82, 2.24) is 0 Å². The molecule has 0 aliphatic rings. The summed E-state index contributed by atoms with van der Waals surface area (Å²) in [5, 5.41) is 12.1. The molecule has 1 amide bonds. The molecule has 0 saturated heterocycles. The maximum absolute atomic E-state index is 12.4. The van der Waals surface area contributed by atoms with Gasteiger partial charge in [-0.25, -0.2) is 0 Å². The van der Waals surface area contributed by atoms with Gasteiger partial charge in [0, 0.05) is 5.69 Å². The zero-order valence-corrected chi connectivity index (χ0v) is 18.1. The summed E-state index contributed by atoms with van der Waals surface area (Å²) in [7, 11) is 0. The Morgan fingerprint density at radius 2 is 1.96 bits per heavy atom. The van der Waals surface area contributed by atoms with Gasteiger partial charge in [0.05, 0.1) is 13.7 Å². The predicted octanol–water partition coefficient (Wildman–Crippen LogP) is 5.15. The average Bonchev–Trinajstić information content (AvgIpc) is 2.56. The van der Waals surface area contributed by atoms with Crippen molar-refractivity contribution in [3.05, 3.63) is 60.2 Å². The van der Waals surface area contributed by atoms with Crippen LogP contribution in [0.1, 0.15) is 18.1 Å². The fraction of sp³-hybridized carbons (Fsp3) is 0.158. The standard InChI is InChI=1S/C19H16I2N2O2/c1-3-25-18-16(20)9-13(10-17(18)21)8-14(11-22)19(24)23-15-6-4-5-12(2)7-15/h4-10H,3H2,1-2H3,(H,23,24)/b14-8-. The molecule has 4 nitrogen and oxygen atoms in total. The van der Waals surface area contributed by atoms with Crippen LogP contribution in [0.3, 0.4) is 0 Å². The van der Waals surface area contributed by atoms with Crippen molar-refractivity contribution in [1.29, 1.82) is 5.26 Å². The number of halogens is 2. The van der Waals surface area contributed by atoms with Crippen molar-refractivity contribution < 1.29 is 9.53 Å². The first kappa shape index (κ1) is 19.7. The highest BCUT2D eigenvalue weighted by Gasteiger charge is 2.12. The number of rotatable bonds is 5. The molecule has 1 N–H and O–H groups in total. The van der Waals surface area contributed by atoms with Gasteiger partial charge in [-0.15, -0.1) is 0 Å². The molecule has 0 unspecified atom stereocenters. The highest BCUT2D eigenvalue weighted by atomic mass is 127. The summed E-state index contributed by atoms with van der Waals surface area (Å²) in [6, 6.07) is 13.2. The molecule has 128 valence electrons. The number of carbonyl (C=O) groups is 1. The number of ether oxygens (including phenoxy) is 1. The van der Waals surface area contributed by atoms with Gasteiger partial charge in [-0.2, -0.15) is 5.26 Å². The largest absolute Gasteiger partial charge is 0.492 e. The van der Waals surface area contributed by atoms with E-state index < -0.39 is 5.91 Å². The number of amides is 1. The molecule has 0 heterocycles. The normalized spacial score (nSPS) is 10.9. The first-order chi connectivity index (χ1) is 11.9. The van der Waals surface area contributed by atoms with Crippen LogP contribution in [0.15, 0.2) is 42.0 Å². The summed E-state index contributed by atoms with van der Waals surface area (Å²) in [5.74, 6) is 0.399. The molecule has 0 aliphatic carbocycles. The molecule has 0 fully saturated rings. The van der Waals surface area contributed by atoms with Crippen molar-refractivity contribution in [3.63, 3.8) is 0 Å². The van der Waals surface area contributed by atoms with E-state index in [4.69, 9.17) is 4.74 Å². The van der Waals surface area contributed by atoms with E-state index >= 15 is 0 Å². The number of nitrogens with zero attached hydrogens (tertiary/aromatic N) is 1. The maximum atomic E-state index is 12.4. The molecule has 2 aromatic rings. The van der Waals surface area contributed by atoms with Crippen LogP contribution >= 0.6 is 45.2 Å². The quantitative estimate of drug-likeness (QED) is 0.314. The van der Waals surface area contributed by atoms with E-state index in [-0.39, 0.29) is 5.57 Å². The maximum Gasteiger partial charge on any atom is 0.266 e. The van der Waals surface area contributed by atoms with Crippen LogP contribution in [0.5, 0.6) is 5.75 Å². The van der Waals surface area contributed by atoms with Crippen LogP contribution in [0.2, 0.25) is 0 Å². The molecule has 2 aromatic carbocycles. The van der Waals surface area contributed by atoms with E-state index in [1.54, 1.807) is 12.1 Å². The van der Waals surface area contributed by atoms with Gasteiger partial charge in [-0.3, -0.25) is 4.79 Å². The van der Waals surface area contributed by atoms with Crippen molar-refractivity contribution in [2.75, 3.05) is 11.9 Å². The Balaban J connectivity index is 2.28. The molecular weight excluding hydrogens is 542 g/mol. The third-order valence-corrected chi connectivity index (χ3v) is 4.86. The van der Waals surface area contributed by atoms with E-state index in [0.29, 0.717) is 12.3 Å². The Morgan fingerprint density at radius 3 is 2.52 bits per heavy atom. The van der Waals surface area contributed by atoms with Crippen LogP contribution in [0.25, 0.3) is 6.08 Å². The number of hydrogen-bond acceptors (Lipinski definition) is 3. The second kappa shape index (κ2) is 9.20. The minimum atomic E-state index is -0.424. The third kappa shape index (κ3) is 5.44.